The minimum atomic E-state index is -0.540. The van der Waals surface area contributed by atoms with Gasteiger partial charge in [0.2, 0.25) is 11.8 Å². The Balaban J connectivity index is 1.51. The van der Waals surface area contributed by atoms with Crippen LogP contribution >= 0.6 is 11.8 Å². The van der Waals surface area contributed by atoms with Crippen molar-refractivity contribution in [1.82, 2.24) is 10.2 Å². The molecule has 0 unspecified atom stereocenters. The van der Waals surface area contributed by atoms with Gasteiger partial charge in [-0.3, -0.25) is 4.79 Å². The molecule has 0 spiro atoms. The first-order valence-electron chi connectivity index (χ1n) is 10.6. The zero-order valence-corrected chi connectivity index (χ0v) is 19.6. The van der Waals surface area contributed by atoms with Crippen LogP contribution < -0.4 is 10.1 Å². The summed E-state index contributed by atoms with van der Waals surface area (Å²) in [6.45, 7) is 4.02. The first-order valence-corrected chi connectivity index (χ1v) is 11.4. The molecule has 6 nitrogen and oxygen atoms in total. The fourth-order valence-corrected chi connectivity index (χ4v) is 4.42. The minimum absolute atomic E-state index is 0.147. The van der Waals surface area contributed by atoms with Gasteiger partial charge in [-0.25, -0.2) is 0 Å². The van der Waals surface area contributed by atoms with E-state index in [2.05, 4.69) is 21.6 Å². The minimum Gasteiger partial charge on any atom is -0.497 e. The summed E-state index contributed by atoms with van der Waals surface area (Å²) in [5, 5.41) is 11.2. The third-order valence-electron chi connectivity index (χ3n) is 5.01. The number of ether oxygens (including phenoxy) is 1. The van der Waals surface area contributed by atoms with Gasteiger partial charge in [-0.1, -0.05) is 48.5 Å². The van der Waals surface area contributed by atoms with E-state index in [9.17, 15) is 4.79 Å². The van der Waals surface area contributed by atoms with Gasteiger partial charge in [0.15, 0.2) is 0 Å². The van der Waals surface area contributed by atoms with Crippen molar-refractivity contribution in [3.8, 4) is 5.75 Å². The van der Waals surface area contributed by atoms with Crippen LogP contribution in [0.15, 0.2) is 82.4 Å². The molecule has 0 aliphatic carbocycles. The molecule has 4 rings (SSSR count). The number of thioether (sulfide) groups is 1. The number of benzene rings is 3. The molecule has 33 heavy (non-hydrogen) atoms. The number of hydrogen-bond acceptors (Lipinski definition) is 6. The molecular weight excluding hydrogens is 434 g/mol. The summed E-state index contributed by atoms with van der Waals surface area (Å²) in [5.74, 6) is 1.14. The highest BCUT2D eigenvalue weighted by Crippen LogP contribution is 2.36. The van der Waals surface area contributed by atoms with Crippen molar-refractivity contribution in [2.24, 2.45) is 0 Å². The lowest BCUT2D eigenvalue weighted by atomic mass is 10.1. The van der Waals surface area contributed by atoms with Crippen LogP contribution in [-0.2, 0) is 11.2 Å². The third-order valence-corrected chi connectivity index (χ3v) is 6.10. The molecule has 0 saturated carbocycles. The highest BCUT2D eigenvalue weighted by atomic mass is 32.2. The molecule has 1 aromatic heterocycles. The standard InChI is InChI=1S/C26H25N3O3S/c1-17-13-18(2)15-21(14-17)27-25(30)24(20-7-5-4-6-8-20)33-26-29-28-23(32-26)16-19-9-11-22(31-3)12-10-19/h4-15,24H,16H2,1-3H3,(H,27,30)/t24-/m0/s1. The zero-order chi connectivity index (χ0) is 23.2. The van der Waals surface area contributed by atoms with E-state index in [1.807, 2.05) is 80.6 Å². The van der Waals surface area contributed by atoms with Crippen molar-refractivity contribution in [2.45, 2.75) is 30.7 Å². The molecule has 4 aromatic rings. The molecule has 1 heterocycles. The Morgan fingerprint density at radius 2 is 1.70 bits per heavy atom. The summed E-state index contributed by atoms with van der Waals surface area (Å²) in [5.41, 5.74) is 4.84. The highest BCUT2D eigenvalue weighted by molar-refractivity contribution is 8.00. The molecule has 0 radical (unpaired) electrons. The van der Waals surface area contributed by atoms with E-state index in [0.29, 0.717) is 17.5 Å². The Morgan fingerprint density at radius 3 is 2.36 bits per heavy atom. The molecule has 0 aliphatic rings. The highest BCUT2D eigenvalue weighted by Gasteiger charge is 2.25. The molecule has 7 heteroatoms. The Bertz CT molecular complexity index is 1200. The summed E-state index contributed by atoms with van der Waals surface area (Å²) >= 11 is 1.24. The van der Waals surface area contributed by atoms with Crippen LogP contribution in [0.2, 0.25) is 0 Å². The van der Waals surface area contributed by atoms with Crippen molar-refractivity contribution in [3.63, 3.8) is 0 Å². The summed E-state index contributed by atoms with van der Waals surface area (Å²) in [7, 11) is 1.63. The maximum Gasteiger partial charge on any atom is 0.277 e. The molecule has 1 N–H and O–H groups in total. The van der Waals surface area contributed by atoms with E-state index in [0.717, 1.165) is 33.7 Å². The van der Waals surface area contributed by atoms with Crippen molar-refractivity contribution in [3.05, 3.63) is 101 Å². The number of methoxy groups -OCH3 is 1. The Kier molecular flexibility index (Phi) is 7.10. The van der Waals surface area contributed by atoms with Crippen LogP contribution in [0, 0.1) is 13.8 Å². The summed E-state index contributed by atoms with van der Waals surface area (Å²) < 4.78 is 11.1. The number of aromatic nitrogens is 2. The summed E-state index contributed by atoms with van der Waals surface area (Å²) in [4.78, 5) is 13.3. The van der Waals surface area contributed by atoms with Gasteiger partial charge in [-0.15, -0.1) is 10.2 Å². The van der Waals surface area contributed by atoms with E-state index in [1.165, 1.54) is 11.8 Å². The number of hydrogen-bond donors (Lipinski definition) is 1. The molecule has 1 atom stereocenters. The van der Waals surface area contributed by atoms with Gasteiger partial charge < -0.3 is 14.5 Å². The molecule has 168 valence electrons. The molecule has 0 fully saturated rings. The predicted octanol–water partition coefficient (Wildman–Crippen LogP) is 5.76. The van der Waals surface area contributed by atoms with Gasteiger partial charge in [-0.05, 0) is 72.1 Å². The number of carbonyl (C=O) groups is 1. The van der Waals surface area contributed by atoms with E-state index in [1.54, 1.807) is 7.11 Å². The lowest BCUT2D eigenvalue weighted by molar-refractivity contribution is -0.115. The van der Waals surface area contributed by atoms with Gasteiger partial charge in [0.05, 0.1) is 13.5 Å². The molecule has 0 saturated heterocycles. The van der Waals surface area contributed by atoms with Crippen molar-refractivity contribution in [2.75, 3.05) is 12.4 Å². The molecule has 0 aliphatic heterocycles. The molecule has 3 aromatic carbocycles. The topological polar surface area (TPSA) is 77.2 Å². The molecular formula is C26H25N3O3S. The maximum absolute atomic E-state index is 13.3. The van der Waals surface area contributed by atoms with E-state index < -0.39 is 5.25 Å². The molecule has 0 bridgehead atoms. The quantitative estimate of drug-likeness (QED) is 0.338. The van der Waals surface area contributed by atoms with Gasteiger partial charge in [0.1, 0.15) is 11.0 Å². The van der Waals surface area contributed by atoms with E-state index >= 15 is 0 Å². The SMILES string of the molecule is COc1ccc(Cc2nnc(S[C@H](C(=O)Nc3cc(C)cc(C)c3)c3ccccc3)o2)cc1. The van der Waals surface area contributed by atoms with Gasteiger partial charge in [0.25, 0.3) is 5.22 Å². The first kappa shape index (κ1) is 22.6. The second-order valence-electron chi connectivity index (χ2n) is 7.76. The largest absolute Gasteiger partial charge is 0.497 e. The number of amides is 1. The van der Waals surface area contributed by atoms with Crippen LogP contribution in [0.3, 0.4) is 0 Å². The lowest BCUT2D eigenvalue weighted by Crippen LogP contribution is -2.19. The van der Waals surface area contributed by atoms with Crippen LogP contribution in [0.4, 0.5) is 5.69 Å². The third kappa shape index (κ3) is 6.02. The van der Waals surface area contributed by atoms with Crippen LogP contribution in [-0.4, -0.2) is 23.2 Å². The summed E-state index contributed by atoms with van der Waals surface area (Å²) in [6, 6.07) is 23.3. The number of aryl methyl sites for hydroxylation is 2. The normalized spacial score (nSPS) is 11.7. The van der Waals surface area contributed by atoms with Gasteiger partial charge in [-0.2, -0.15) is 0 Å². The number of carbonyl (C=O) groups excluding carboxylic acids is 1. The van der Waals surface area contributed by atoms with Crippen molar-refractivity contribution in [1.29, 1.82) is 0 Å². The van der Waals surface area contributed by atoms with Crippen molar-refractivity contribution < 1.29 is 13.9 Å². The fraction of sp³-hybridized carbons (Fsp3) is 0.192. The van der Waals surface area contributed by atoms with Crippen LogP contribution in [0.1, 0.15) is 33.4 Å². The monoisotopic (exact) mass is 459 g/mol. The van der Waals surface area contributed by atoms with E-state index in [4.69, 9.17) is 9.15 Å². The average Bonchev–Trinajstić information content (AvgIpc) is 3.24. The fourth-order valence-electron chi connectivity index (χ4n) is 3.53. The predicted molar refractivity (Wildman–Crippen MR) is 130 cm³/mol. The van der Waals surface area contributed by atoms with Crippen molar-refractivity contribution >= 4 is 23.4 Å². The lowest BCUT2D eigenvalue weighted by Gasteiger charge is -2.16. The van der Waals surface area contributed by atoms with Crippen LogP contribution in [0.25, 0.3) is 0 Å². The second-order valence-corrected chi connectivity index (χ2v) is 8.82. The number of rotatable bonds is 8. The average molecular weight is 460 g/mol. The van der Waals surface area contributed by atoms with E-state index in [-0.39, 0.29) is 5.91 Å². The second kappa shape index (κ2) is 10.4. The first-order chi connectivity index (χ1) is 16.0. The number of anilines is 1. The summed E-state index contributed by atoms with van der Waals surface area (Å²) in [6.07, 6.45) is 0.502. The Hall–Kier alpha value is -3.58. The van der Waals surface area contributed by atoms with Gasteiger partial charge >= 0.3 is 0 Å². The smallest absolute Gasteiger partial charge is 0.277 e. The number of nitrogens with zero attached hydrogens (tertiary/aromatic N) is 2. The van der Waals surface area contributed by atoms with Crippen LogP contribution in [0.5, 0.6) is 5.75 Å². The molecule has 1 amide bonds. The Labute approximate surface area is 197 Å². The maximum atomic E-state index is 13.3. The van der Waals surface area contributed by atoms with Gasteiger partial charge in [0, 0.05) is 5.69 Å². The number of nitrogens with one attached hydrogen (secondary N) is 1. The Morgan fingerprint density at radius 1 is 1.00 bits per heavy atom. The zero-order valence-electron chi connectivity index (χ0n) is 18.7.